The number of carboxylic acids is 2. The van der Waals surface area contributed by atoms with Crippen molar-refractivity contribution in [1.82, 2.24) is 9.78 Å². The summed E-state index contributed by atoms with van der Waals surface area (Å²) in [7, 11) is 0. The molecule has 0 radical (unpaired) electrons. The Kier molecular flexibility index (Phi) is 4.59. The zero-order valence-electron chi connectivity index (χ0n) is 10.2. The largest absolute Gasteiger partial charge is 0.480 e. The van der Waals surface area contributed by atoms with E-state index < -0.39 is 17.9 Å². The molecule has 7 heteroatoms. The zero-order valence-corrected chi connectivity index (χ0v) is 10.2. The molecule has 0 unspecified atom stereocenters. The van der Waals surface area contributed by atoms with Crippen molar-refractivity contribution in [2.75, 3.05) is 0 Å². The van der Waals surface area contributed by atoms with Crippen LogP contribution in [0.3, 0.4) is 0 Å². The molecule has 0 bridgehead atoms. The van der Waals surface area contributed by atoms with Crippen LogP contribution in [0.5, 0.6) is 0 Å². The predicted octanol–water partition coefficient (Wildman–Crippen LogP) is 1.17. The number of aryl methyl sites for hydroxylation is 1. The van der Waals surface area contributed by atoms with Gasteiger partial charge in [0.25, 0.3) is 0 Å². The Morgan fingerprint density at radius 2 is 2.00 bits per heavy atom. The van der Waals surface area contributed by atoms with Crippen LogP contribution in [-0.2, 0) is 16.1 Å². The Bertz CT molecular complexity index is 464. The maximum Gasteiger partial charge on any atom is 0.323 e. The van der Waals surface area contributed by atoms with Gasteiger partial charge in [-0.3, -0.25) is 9.59 Å². The van der Waals surface area contributed by atoms with Gasteiger partial charge in [0.05, 0.1) is 6.20 Å². The second kappa shape index (κ2) is 5.95. The monoisotopic (exact) mass is 253 g/mol. The van der Waals surface area contributed by atoms with Gasteiger partial charge in [-0.15, -0.1) is 0 Å². The van der Waals surface area contributed by atoms with Crippen molar-refractivity contribution in [1.29, 1.82) is 0 Å². The van der Waals surface area contributed by atoms with Crippen molar-refractivity contribution >= 4 is 23.5 Å². The molecule has 0 fully saturated rings. The summed E-state index contributed by atoms with van der Waals surface area (Å²) in [6, 6.07) is 1.61. The van der Waals surface area contributed by atoms with Gasteiger partial charge in [0.1, 0.15) is 5.82 Å². The second-order valence-electron chi connectivity index (χ2n) is 3.57. The standard InChI is InChI=1S/C11H15N3O4/c1-3-7(9(10(15)16)11(17)18)13-8-5-6-12-14(8)4-2/h5-6,9H,3-4H2,1-2H3,(H,15,16)(H,17,18). The molecule has 0 aliphatic carbocycles. The fourth-order valence-electron chi connectivity index (χ4n) is 1.55. The van der Waals surface area contributed by atoms with Gasteiger partial charge in [0.15, 0.2) is 5.92 Å². The van der Waals surface area contributed by atoms with Gasteiger partial charge in [-0.25, -0.2) is 9.67 Å². The molecule has 2 N–H and O–H groups in total. The predicted molar refractivity (Wildman–Crippen MR) is 64.0 cm³/mol. The van der Waals surface area contributed by atoms with E-state index in [0.717, 1.165) is 0 Å². The molecule has 1 heterocycles. The maximum absolute atomic E-state index is 10.9. The molecule has 7 nitrogen and oxygen atoms in total. The molecule has 1 rings (SSSR count). The van der Waals surface area contributed by atoms with E-state index in [9.17, 15) is 9.59 Å². The minimum absolute atomic E-state index is 0.102. The number of carbonyl (C=O) groups is 2. The van der Waals surface area contributed by atoms with Crippen LogP contribution in [0.2, 0.25) is 0 Å². The van der Waals surface area contributed by atoms with Crippen molar-refractivity contribution < 1.29 is 19.8 Å². The summed E-state index contributed by atoms with van der Waals surface area (Å²) >= 11 is 0. The first-order chi connectivity index (χ1) is 8.51. The number of rotatable bonds is 6. The molecule has 1 aromatic heterocycles. The third-order valence-corrected chi connectivity index (χ3v) is 2.44. The number of nitrogens with zero attached hydrogens (tertiary/aromatic N) is 3. The summed E-state index contributed by atoms with van der Waals surface area (Å²) in [6.45, 7) is 4.11. The number of hydrogen-bond donors (Lipinski definition) is 2. The minimum Gasteiger partial charge on any atom is -0.480 e. The number of aliphatic imine (C=N–C) groups is 1. The highest BCUT2D eigenvalue weighted by Crippen LogP contribution is 2.15. The lowest BCUT2D eigenvalue weighted by Crippen LogP contribution is -2.31. The van der Waals surface area contributed by atoms with Gasteiger partial charge < -0.3 is 10.2 Å². The molecule has 98 valence electrons. The van der Waals surface area contributed by atoms with Crippen LogP contribution in [0.15, 0.2) is 17.3 Å². The van der Waals surface area contributed by atoms with Gasteiger partial charge in [-0.2, -0.15) is 5.10 Å². The van der Waals surface area contributed by atoms with Crippen LogP contribution >= 0.6 is 0 Å². The average Bonchev–Trinajstić information content (AvgIpc) is 2.74. The summed E-state index contributed by atoms with van der Waals surface area (Å²) in [5.74, 6) is -3.98. The van der Waals surface area contributed by atoms with Crippen molar-refractivity contribution in [2.24, 2.45) is 10.9 Å². The quantitative estimate of drug-likeness (QED) is 0.585. The average molecular weight is 253 g/mol. The summed E-state index contributed by atoms with van der Waals surface area (Å²) in [4.78, 5) is 26.0. The van der Waals surface area contributed by atoms with Crippen LogP contribution in [0.25, 0.3) is 0 Å². The summed E-state index contributed by atoms with van der Waals surface area (Å²) in [5.41, 5.74) is 0.102. The highest BCUT2D eigenvalue weighted by Gasteiger charge is 2.30. The Balaban J connectivity index is 3.16. The first kappa shape index (κ1) is 13.9. The highest BCUT2D eigenvalue weighted by atomic mass is 16.4. The number of carboxylic acid groups (broad SMARTS) is 2. The lowest BCUT2D eigenvalue weighted by atomic mass is 10.0. The third-order valence-electron chi connectivity index (χ3n) is 2.44. The Morgan fingerprint density at radius 1 is 1.39 bits per heavy atom. The van der Waals surface area contributed by atoms with Crippen LogP contribution in [0.4, 0.5) is 5.82 Å². The zero-order chi connectivity index (χ0) is 13.7. The molecule has 0 aliphatic rings. The van der Waals surface area contributed by atoms with Gasteiger partial charge in [0.2, 0.25) is 0 Å². The minimum atomic E-state index is -1.62. The van der Waals surface area contributed by atoms with E-state index in [4.69, 9.17) is 10.2 Å². The fraction of sp³-hybridized carbons (Fsp3) is 0.455. The van der Waals surface area contributed by atoms with E-state index in [1.807, 2.05) is 6.92 Å². The van der Waals surface area contributed by atoms with E-state index in [0.29, 0.717) is 12.4 Å². The molecule has 0 saturated heterocycles. The van der Waals surface area contributed by atoms with Crippen molar-refractivity contribution in [3.05, 3.63) is 12.3 Å². The molecular weight excluding hydrogens is 238 g/mol. The van der Waals surface area contributed by atoms with E-state index in [-0.39, 0.29) is 12.1 Å². The van der Waals surface area contributed by atoms with E-state index in [2.05, 4.69) is 10.1 Å². The van der Waals surface area contributed by atoms with Crippen LogP contribution in [-0.4, -0.2) is 37.6 Å². The number of aromatic nitrogens is 2. The topological polar surface area (TPSA) is 105 Å². The van der Waals surface area contributed by atoms with Gasteiger partial charge >= 0.3 is 11.9 Å². The summed E-state index contributed by atoms with van der Waals surface area (Å²) < 4.78 is 1.57. The van der Waals surface area contributed by atoms with Gasteiger partial charge in [-0.05, 0) is 13.3 Å². The smallest absolute Gasteiger partial charge is 0.323 e. The molecule has 0 aliphatic heterocycles. The number of hydrogen-bond acceptors (Lipinski definition) is 4. The summed E-state index contributed by atoms with van der Waals surface area (Å²) in [5, 5.41) is 21.8. The van der Waals surface area contributed by atoms with E-state index >= 15 is 0 Å². The Labute approximate surface area is 104 Å². The highest BCUT2D eigenvalue weighted by molar-refractivity contribution is 6.16. The lowest BCUT2D eigenvalue weighted by Gasteiger charge is -2.09. The third kappa shape index (κ3) is 2.93. The Morgan fingerprint density at radius 3 is 2.44 bits per heavy atom. The van der Waals surface area contributed by atoms with E-state index in [1.165, 1.54) is 6.20 Å². The molecule has 0 saturated carbocycles. The first-order valence-electron chi connectivity index (χ1n) is 5.56. The number of aliphatic carboxylic acids is 2. The molecule has 0 spiro atoms. The summed E-state index contributed by atoms with van der Waals surface area (Å²) in [6.07, 6.45) is 1.78. The fourth-order valence-corrected chi connectivity index (χ4v) is 1.55. The van der Waals surface area contributed by atoms with Crippen LogP contribution in [0.1, 0.15) is 20.3 Å². The maximum atomic E-state index is 10.9. The molecular formula is C11H15N3O4. The van der Waals surface area contributed by atoms with Gasteiger partial charge in [-0.1, -0.05) is 6.92 Å². The first-order valence-corrected chi connectivity index (χ1v) is 5.56. The van der Waals surface area contributed by atoms with E-state index in [1.54, 1.807) is 17.7 Å². The lowest BCUT2D eigenvalue weighted by molar-refractivity contribution is -0.150. The molecule has 0 atom stereocenters. The molecule has 0 amide bonds. The normalized spacial score (nSPS) is 11.8. The van der Waals surface area contributed by atoms with Crippen LogP contribution < -0.4 is 0 Å². The van der Waals surface area contributed by atoms with Crippen molar-refractivity contribution in [3.8, 4) is 0 Å². The molecule has 1 aromatic rings. The van der Waals surface area contributed by atoms with Crippen LogP contribution in [0, 0.1) is 5.92 Å². The SMILES string of the molecule is CCC(=Nc1ccnn1CC)C(C(=O)O)C(=O)O. The van der Waals surface area contributed by atoms with Crippen molar-refractivity contribution in [3.63, 3.8) is 0 Å². The molecule has 0 aromatic carbocycles. The van der Waals surface area contributed by atoms with Crippen molar-refractivity contribution in [2.45, 2.75) is 26.8 Å². The second-order valence-corrected chi connectivity index (χ2v) is 3.57. The Hall–Kier alpha value is -2.18. The van der Waals surface area contributed by atoms with Gasteiger partial charge in [0, 0.05) is 18.3 Å². The molecule has 18 heavy (non-hydrogen) atoms.